The summed E-state index contributed by atoms with van der Waals surface area (Å²) in [6, 6.07) is 23.2. The van der Waals surface area contributed by atoms with Gasteiger partial charge in [-0.3, -0.25) is 4.79 Å². The van der Waals surface area contributed by atoms with Crippen molar-refractivity contribution in [2.75, 3.05) is 17.8 Å². The van der Waals surface area contributed by atoms with Crippen LogP contribution in [0.3, 0.4) is 0 Å². The number of ether oxygens (including phenoxy) is 2. The fraction of sp³-hybridized carbons (Fsp3) is 0.286. The van der Waals surface area contributed by atoms with Gasteiger partial charge in [0.05, 0.1) is 19.3 Å². The first-order chi connectivity index (χ1) is 16.7. The largest absolute Gasteiger partial charge is 0.497 e. The summed E-state index contributed by atoms with van der Waals surface area (Å²) in [5.74, 6) is 1.09. The number of thioether (sulfide) groups is 1. The van der Waals surface area contributed by atoms with E-state index in [9.17, 15) is 9.59 Å². The van der Waals surface area contributed by atoms with Crippen molar-refractivity contribution in [2.45, 2.75) is 43.9 Å². The van der Waals surface area contributed by atoms with Crippen molar-refractivity contribution < 1.29 is 19.1 Å². The Morgan fingerprint density at radius 2 is 1.63 bits per heavy atom. The van der Waals surface area contributed by atoms with Crippen molar-refractivity contribution in [3.8, 4) is 16.9 Å². The number of methoxy groups -OCH3 is 1. The highest BCUT2D eigenvalue weighted by Crippen LogP contribution is 2.35. The summed E-state index contributed by atoms with van der Waals surface area (Å²) in [7, 11) is 1.65. The maximum absolute atomic E-state index is 13.6. The maximum Gasteiger partial charge on any atom is 0.408 e. The first-order valence-corrected chi connectivity index (χ1v) is 12.5. The SMILES string of the molecule is COc1ccc(-c2ccc(CN3C(=O)[C@@H](NC(=O)OC(C)(C)C)CSc4ccccc43)cc2)cc1. The third-order valence-electron chi connectivity index (χ3n) is 5.53. The number of benzene rings is 3. The molecule has 1 N–H and O–H groups in total. The van der Waals surface area contributed by atoms with E-state index in [-0.39, 0.29) is 5.91 Å². The van der Waals surface area contributed by atoms with Crippen molar-refractivity contribution in [3.63, 3.8) is 0 Å². The van der Waals surface area contributed by atoms with Gasteiger partial charge in [0.25, 0.3) is 5.91 Å². The molecule has 3 aromatic carbocycles. The van der Waals surface area contributed by atoms with Crippen LogP contribution >= 0.6 is 11.8 Å². The molecule has 3 aromatic rings. The Balaban J connectivity index is 1.55. The molecule has 1 aliphatic rings. The molecule has 0 aromatic heterocycles. The van der Waals surface area contributed by atoms with Gasteiger partial charge in [0.2, 0.25) is 0 Å². The number of para-hydroxylation sites is 1. The summed E-state index contributed by atoms with van der Waals surface area (Å²) in [5.41, 5.74) is 3.37. The average Bonchev–Trinajstić information content (AvgIpc) is 2.96. The Morgan fingerprint density at radius 1 is 1.00 bits per heavy atom. The highest BCUT2D eigenvalue weighted by molar-refractivity contribution is 7.99. The molecule has 0 fully saturated rings. The molecular weight excluding hydrogens is 460 g/mol. The van der Waals surface area contributed by atoms with E-state index in [0.29, 0.717) is 12.3 Å². The minimum atomic E-state index is -0.694. The molecule has 1 heterocycles. The quantitative estimate of drug-likeness (QED) is 0.483. The molecular formula is C28H30N2O4S. The van der Waals surface area contributed by atoms with Gasteiger partial charge >= 0.3 is 6.09 Å². The number of alkyl carbamates (subject to hydrolysis) is 1. The van der Waals surface area contributed by atoms with Crippen molar-refractivity contribution in [2.24, 2.45) is 0 Å². The predicted molar refractivity (Wildman–Crippen MR) is 140 cm³/mol. The topological polar surface area (TPSA) is 67.9 Å². The average molecular weight is 491 g/mol. The number of nitrogens with zero attached hydrogens (tertiary/aromatic N) is 1. The molecule has 0 unspecified atom stereocenters. The van der Waals surface area contributed by atoms with Gasteiger partial charge in [-0.05, 0) is 61.7 Å². The molecule has 7 heteroatoms. The van der Waals surface area contributed by atoms with E-state index < -0.39 is 17.7 Å². The van der Waals surface area contributed by atoms with Crippen LogP contribution in [0.15, 0.2) is 77.7 Å². The molecule has 1 aliphatic heterocycles. The van der Waals surface area contributed by atoms with E-state index in [1.165, 1.54) is 0 Å². The minimum absolute atomic E-state index is 0.160. The van der Waals surface area contributed by atoms with Crippen molar-refractivity contribution in [3.05, 3.63) is 78.4 Å². The smallest absolute Gasteiger partial charge is 0.408 e. The van der Waals surface area contributed by atoms with Crippen LogP contribution in [0, 0.1) is 0 Å². The van der Waals surface area contributed by atoms with Gasteiger partial charge in [-0.1, -0.05) is 48.5 Å². The van der Waals surface area contributed by atoms with Crippen molar-refractivity contribution in [1.82, 2.24) is 5.32 Å². The van der Waals surface area contributed by atoms with Gasteiger partial charge in [0, 0.05) is 10.6 Å². The van der Waals surface area contributed by atoms with E-state index in [1.54, 1.807) is 44.5 Å². The first-order valence-electron chi connectivity index (χ1n) is 11.5. The van der Waals surface area contributed by atoms with Crippen molar-refractivity contribution >= 4 is 29.4 Å². The van der Waals surface area contributed by atoms with Gasteiger partial charge in [-0.15, -0.1) is 11.8 Å². The van der Waals surface area contributed by atoms with Crippen LogP contribution in [0.5, 0.6) is 5.75 Å². The number of amides is 2. The Bertz CT molecular complexity index is 1190. The molecule has 2 amide bonds. The third-order valence-corrected chi connectivity index (χ3v) is 6.69. The lowest BCUT2D eigenvalue weighted by atomic mass is 10.0. The molecule has 4 rings (SSSR count). The molecule has 6 nitrogen and oxygen atoms in total. The molecule has 0 aliphatic carbocycles. The van der Waals surface area contributed by atoms with E-state index in [0.717, 1.165) is 33.0 Å². The van der Waals surface area contributed by atoms with Crippen molar-refractivity contribution in [1.29, 1.82) is 0 Å². The summed E-state index contributed by atoms with van der Waals surface area (Å²) in [5, 5.41) is 2.77. The number of anilines is 1. The van der Waals surface area contributed by atoms with E-state index in [4.69, 9.17) is 9.47 Å². The lowest BCUT2D eigenvalue weighted by Gasteiger charge is -2.27. The summed E-state index contributed by atoms with van der Waals surface area (Å²) < 4.78 is 10.6. The Morgan fingerprint density at radius 3 is 2.26 bits per heavy atom. The number of fused-ring (bicyclic) bond motifs is 1. The van der Waals surface area contributed by atoms with Crippen LogP contribution in [0.25, 0.3) is 11.1 Å². The Kier molecular flexibility index (Phi) is 7.36. The van der Waals surface area contributed by atoms with Crippen LogP contribution in [0.2, 0.25) is 0 Å². The fourth-order valence-electron chi connectivity index (χ4n) is 3.84. The van der Waals surface area contributed by atoms with Gasteiger partial charge in [0.1, 0.15) is 17.4 Å². The van der Waals surface area contributed by atoms with Gasteiger partial charge < -0.3 is 19.7 Å². The Hall–Kier alpha value is -3.45. The number of hydrogen-bond donors (Lipinski definition) is 1. The summed E-state index contributed by atoms with van der Waals surface area (Å²) in [6.07, 6.45) is -0.591. The number of rotatable bonds is 5. The zero-order chi connectivity index (χ0) is 25.0. The summed E-state index contributed by atoms with van der Waals surface area (Å²) >= 11 is 1.56. The number of carbonyl (C=O) groups excluding carboxylic acids is 2. The van der Waals surface area contributed by atoms with Crippen LogP contribution < -0.4 is 15.0 Å². The highest BCUT2D eigenvalue weighted by Gasteiger charge is 2.33. The van der Waals surface area contributed by atoms with Crippen LogP contribution in [0.1, 0.15) is 26.3 Å². The Labute approximate surface area is 210 Å². The molecule has 0 bridgehead atoms. The molecule has 0 radical (unpaired) electrons. The van der Waals surface area contributed by atoms with Gasteiger partial charge in [0.15, 0.2) is 0 Å². The third kappa shape index (κ3) is 6.17. The van der Waals surface area contributed by atoms with E-state index in [1.807, 2.05) is 60.7 Å². The first kappa shape index (κ1) is 24.7. The molecule has 0 saturated carbocycles. The normalized spacial score (nSPS) is 15.7. The predicted octanol–water partition coefficient (Wildman–Crippen LogP) is 5.89. The van der Waals surface area contributed by atoms with E-state index in [2.05, 4.69) is 17.4 Å². The second-order valence-corrected chi connectivity index (χ2v) is 10.4. The monoisotopic (exact) mass is 490 g/mol. The van der Waals surface area contributed by atoms with Gasteiger partial charge in [-0.25, -0.2) is 4.79 Å². The standard InChI is InChI=1S/C28H30N2O4S/c1-28(2,3)34-27(32)29-23-18-35-25-8-6-5-7-24(25)30(26(23)31)17-19-9-11-20(12-10-19)21-13-15-22(33-4)16-14-21/h5-16,23H,17-18H2,1-4H3,(H,29,32)/t23-/m0/s1. The lowest BCUT2D eigenvalue weighted by Crippen LogP contribution is -2.50. The number of carbonyl (C=O) groups is 2. The van der Waals surface area contributed by atoms with E-state index >= 15 is 0 Å². The molecule has 35 heavy (non-hydrogen) atoms. The van der Waals surface area contributed by atoms with Crippen LogP contribution in [-0.2, 0) is 16.1 Å². The number of hydrogen-bond acceptors (Lipinski definition) is 5. The number of nitrogens with one attached hydrogen (secondary N) is 1. The second-order valence-electron chi connectivity index (χ2n) is 9.33. The molecule has 1 atom stereocenters. The lowest BCUT2D eigenvalue weighted by molar-refractivity contribution is -0.120. The van der Waals surface area contributed by atoms with Gasteiger partial charge in [-0.2, -0.15) is 0 Å². The molecule has 0 saturated heterocycles. The second kappa shape index (κ2) is 10.4. The fourth-order valence-corrected chi connectivity index (χ4v) is 4.91. The van der Waals surface area contributed by atoms with Crippen LogP contribution in [-0.4, -0.2) is 36.5 Å². The summed E-state index contributed by atoms with van der Waals surface area (Å²) in [6.45, 7) is 5.79. The zero-order valence-corrected chi connectivity index (χ0v) is 21.2. The highest BCUT2D eigenvalue weighted by atomic mass is 32.2. The molecule has 0 spiro atoms. The zero-order valence-electron chi connectivity index (χ0n) is 20.4. The maximum atomic E-state index is 13.6. The minimum Gasteiger partial charge on any atom is -0.497 e. The van der Waals surface area contributed by atoms with Crippen LogP contribution in [0.4, 0.5) is 10.5 Å². The molecule has 182 valence electrons. The summed E-state index contributed by atoms with van der Waals surface area (Å²) in [4.78, 5) is 28.8.